The maximum absolute atomic E-state index is 12.8. The van der Waals surface area contributed by atoms with Crippen LogP contribution < -0.4 is 5.32 Å². The van der Waals surface area contributed by atoms with Gasteiger partial charge in [-0.05, 0) is 56.0 Å². The van der Waals surface area contributed by atoms with E-state index in [1.807, 2.05) is 20.8 Å². The highest BCUT2D eigenvalue weighted by Gasteiger charge is 2.29. The number of thiophene rings is 1. The van der Waals surface area contributed by atoms with E-state index in [0.29, 0.717) is 29.0 Å². The maximum atomic E-state index is 12.8. The second-order valence-electron chi connectivity index (χ2n) is 8.54. The molecule has 3 aromatic rings. The minimum Gasteiger partial charge on any atom is -0.508 e. The Morgan fingerprint density at radius 2 is 1.97 bits per heavy atom. The zero-order chi connectivity index (χ0) is 23.0. The minimum atomic E-state index is -0.317. The van der Waals surface area contributed by atoms with Gasteiger partial charge in [-0.2, -0.15) is 0 Å². The van der Waals surface area contributed by atoms with Gasteiger partial charge in [-0.1, -0.05) is 19.0 Å². The monoisotopic (exact) mass is 455 g/mol. The molecule has 2 aromatic heterocycles. The molecule has 0 atom stereocenters. The first-order valence-corrected chi connectivity index (χ1v) is 11.8. The number of rotatable bonds is 5. The fraction of sp³-hybridized carbons (Fsp3) is 0.417. The van der Waals surface area contributed by atoms with Crippen LogP contribution in [-0.2, 0) is 12.8 Å². The first-order valence-electron chi connectivity index (χ1n) is 10.9. The van der Waals surface area contributed by atoms with E-state index in [1.54, 1.807) is 17.4 Å². The van der Waals surface area contributed by atoms with E-state index in [1.165, 1.54) is 16.5 Å². The topological polar surface area (TPSA) is 98.8 Å². The van der Waals surface area contributed by atoms with Gasteiger partial charge in [-0.15, -0.1) is 11.3 Å². The molecule has 0 aliphatic carbocycles. The van der Waals surface area contributed by atoms with Crippen molar-refractivity contribution in [1.29, 1.82) is 0 Å². The summed E-state index contributed by atoms with van der Waals surface area (Å²) in [4.78, 5) is 17.3. The van der Waals surface area contributed by atoms with Crippen molar-refractivity contribution in [2.45, 2.75) is 39.5 Å². The summed E-state index contributed by atoms with van der Waals surface area (Å²) in [6.07, 6.45) is 1.90. The van der Waals surface area contributed by atoms with Gasteiger partial charge in [0.2, 0.25) is 0 Å². The molecule has 1 amide bonds. The second kappa shape index (κ2) is 8.96. The van der Waals surface area contributed by atoms with Gasteiger partial charge >= 0.3 is 0 Å². The maximum Gasteiger partial charge on any atom is 0.274 e. The van der Waals surface area contributed by atoms with E-state index in [9.17, 15) is 15.0 Å². The lowest BCUT2D eigenvalue weighted by Gasteiger charge is -2.12. The van der Waals surface area contributed by atoms with E-state index >= 15 is 0 Å². The Morgan fingerprint density at radius 3 is 2.69 bits per heavy atom. The lowest BCUT2D eigenvalue weighted by molar-refractivity contribution is 0.0947. The highest BCUT2D eigenvalue weighted by atomic mass is 32.1. The van der Waals surface area contributed by atoms with E-state index in [0.717, 1.165) is 30.8 Å². The highest BCUT2D eigenvalue weighted by Crippen LogP contribution is 2.45. The molecular weight excluding hydrogens is 426 g/mol. The van der Waals surface area contributed by atoms with Gasteiger partial charge in [-0.25, -0.2) is 0 Å². The van der Waals surface area contributed by atoms with Gasteiger partial charge in [0.1, 0.15) is 11.5 Å². The number of aromatic nitrogens is 1. The third-order valence-corrected chi connectivity index (χ3v) is 7.14. The Labute approximate surface area is 191 Å². The number of hydrogen-bond acceptors (Lipinski definition) is 7. The summed E-state index contributed by atoms with van der Waals surface area (Å²) in [7, 11) is 2.13. The molecule has 4 rings (SSSR count). The summed E-state index contributed by atoms with van der Waals surface area (Å²) in [6, 6.07) is 5.16. The molecule has 32 heavy (non-hydrogen) atoms. The van der Waals surface area contributed by atoms with Gasteiger partial charge in [-0.3, -0.25) is 4.79 Å². The molecule has 0 unspecified atom stereocenters. The molecule has 3 N–H and O–H groups in total. The number of carbonyl (C=O) groups excluding carboxylic acids is 1. The Kier molecular flexibility index (Phi) is 6.26. The number of aromatic hydroxyl groups is 2. The Bertz CT molecular complexity index is 1120. The molecule has 0 radical (unpaired) electrons. The number of nitrogens with zero attached hydrogens (tertiary/aromatic N) is 2. The van der Waals surface area contributed by atoms with Crippen molar-refractivity contribution < 1.29 is 19.5 Å². The smallest absolute Gasteiger partial charge is 0.274 e. The van der Waals surface area contributed by atoms with Crippen LogP contribution in [-0.4, -0.2) is 52.9 Å². The van der Waals surface area contributed by atoms with Crippen molar-refractivity contribution in [3.8, 4) is 33.3 Å². The Hall–Kier alpha value is -2.84. The van der Waals surface area contributed by atoms with Crippen LogP contribution in [0.2, 0.25) is 0 Å². The van der Waals surface area contributed by atoms with Crippen molar-refractivity contribution in [3.63, 3.8) is 0 Å². The highest BCUT2D eigenvalue weighted by molar-refractivity contribution is 7.15. The molecule has 1 aliphatic heterocycles. The van der Waals surface area contributed by atoms with Crippen LogP contribution in [0.5, 0.6) is 11.5 Å². The van der Waals surface area contributed by atoms with E-state index in [-0.39, 0.29) is 29.0 Å². The number of nitrogens with one attached hydrogen (secondary N) is 1. The summed E-state index contributed by atoms with van der Waals surface area (Å²) in [5.74, 6) is -0.0366. The van der Waals surface area contributed by atoms with Crippen LogP contribution in [0.4, 0.5) is 0 Å². The van der Waals surface area contributed by atoms with Crippen LogP contribution in [0.15, 0.2) is 22.7 Å². The second-order valence-corrected chi connectivity index (χ2v) is 9.68. The fourth-order valence-electron chi connectivity index (χ4n) is 4.07. The SMILES string of the molecule is CCNC(=O)c1noc(-c2cc(C(C)C)c(O)cc2O)c1-c1cc2c(s1)CCN(C)CC2. The lowest BCUT2D eigenvalue weighted by Crippen LogP contribution is -2.23. The van der Waals surface area contributed by atoms with Crippen molar-refractivity contribution in [1.82, 2.24) is 15.4 Å². The Balaban J connectivity index is 1.89. The average Bonchev–Trinajstić information content (AvgIpc) is 3.30. The Morgan fingerprint density at radius 1 is 1.22 bits per heavy atom. The number of carbonyl (C=O) groups is 1. The zero-order valence-electron chi connectivity index (χ0n) is 18.9. The number of benzene rings is 1. The molecule has 0 bridgehead atoms. The zero-order valence-corrected chi connectivity index (χ0v) is 19.7. The first kappa shape index (κ1) is 22.4. The largest absolute Gasteiger partial charge is 0.508 e. The van der Waals surface area contributed by atoms with E-state index < -0.39 is 0 Å². The molecule has 0 fully saturated rings. The number of phenolic OH excluding ortho intramolecular Hbond substituents is 2. The van der Waals surface area contributed by atoms with Crippen molar-refractivity contribution in [3.05, 3.63) is 39.9 Å². The predicted molar refractivity (Wildman–Crippen MR) is 126 cm³/mol. The molecule has 0 spiro atoms. The number of likely N-dealkylation sites (N-methyl/N-ethyl adjacent to an activating group) is 1. The van der Waals surface area contributed by atoms with E-state index in [4.69, 9.17) is 4.52 Å². The number of phenols is 2. The third kappa shape index (κ3) is 4.12. The minimum absolute atomic E-state index is 0.0261. The normalized spacial score (nSPS) is 14.4. The van der Waals surface area contributed by atoms with Gasteiger partial charge in [0, 0.05) is 35.5 Å². The standard InChI is InChI=1S/C24H29N3O4S/c1-5-25-24(30)22-21(20-10-14-6-8-27(4)9-7-19(14)32-20)23(31-26-22)16-11-15(13(2)3)17(28)12-18(16)29/h10-13,28-29H,5-9H2,1-4H3,(H,25,30). The van der Waals surface area contributed by atoms with Crippen molar-refractivity contribution in [2.75, 3.05) is 26.7 Å². The van der Waals surface area contributed by atoms with Gasteiger partial charge in [0.15, 0.2) is 11.5 Å². The fourth-order valence-corrected chi connectivity index (χ4v) is 5.31. The lowest BCUT2D eigenvalue weighted by atomic mass is 9.96. The van der Waals surface area contributed by atoms with Crippen LogP contribution >= 0.6 is 11.3 Å². The molecule has 1 aliphatic rings. The molecule has 7 nitrogen and oxygen atoms in total. The van der Waals surface area contributed by atoms with Gasteiger partial charge in [0.05, 0.1) is 11.1 Å². The summed E-state index contributed by atoms with van der Waals surface area (Å²) in [5, 5.41) is 27.8. The van der Waals surface area contributed by atoms with Crippen molar-refractivity contribution >= 4 is 17.2 Å². The quantitative estimate of drug-likeness (QED) is 0.528. The first-order chi connectivity index (χ1) is 15.3. The van der Waals surface area contributed by atoms with E-state index in [2.05, 4.69) is 28.5 Å². The van der Waals surface area contributed by atoms with Gasteiger partial charge < -0.3 is 25.0 Å². The molecule has 0 saturated heterocycles. The summed E-state index contributed by atoms with van der Waals surface area (Å²) in [5.41, 5.74) is 3.16. The molecule has 3 heterocycles. The molecule has 0 saturated carbocycles. The van der Waals surface area contributed by atoms with Crippen LogP contribution in [0.3, 0.4) is 0 Å². The molecule has 8 heteroatoms. The van der Waals surface area contributed by atoms with Crippen LogP contribution in [0.1, 0.15) is 53.2 Å². The van der Waals surface area contributed by atoms with Crippen LogP contribution in [0, 0.1) is 0 Å². The molecular formula is C24H29N3O4S. The summed E-state index contributed by atoms with van der Waals surface area (Å²) < 4.78 is 5.68. The van der Waals surface area contributed by atoms with Crippen molar-refractivity contribution in [2.24, 2.45) is 0 Å². The average molecular weight is 456 g/mol. The molecule has 1 aromatic carbocycles. The number of amides is 1. The number of fused-ring (bicyclic) bond motifs is 1. The summed E-state index contributed by atoms with van der Waals surface area (Å²) >= 11 is 1.65. The molecule has 170 valence electrons. The number of hydrogen-bond donors (Lipinski definition) is 3. The van der Waals surface area contributed by atoms with Gasteiger partial charge in [0.25, 0.3) is 5.91 Å². The van der Waals surface area contributed by atoms with Crippen LogP contribution in [0.25, 0.3) is 21.8 Å². The predicted octanol–water partition coefficient (Wildman–Crippen LogP) is 4.38. The third-order valence-electron chi connectivity index (χ3n) is 5.88. The summed E-state index contributed by atoms with van der Waals surface area (Å²) in [6.45, 7) is 8.22.